The molecule has 0 radical (unpaired) electrons. The Morgan fingerprint density at radius 1 is 0.950 bits per heavy atom. The first-order chi connectivity index (χ1) is 9.84. The number of H-pyrrole nitrogens is 1. The Morgan fingerprint density at radius 2 is 1.80 bits per heavy atom. The standard InChI is InChI=1S/C17H15FN2/c18-14-6-2-1-4-11(14)12-5-3-7-16-17(12)13-10-19-9-8-15(13)20-16/h1-7,19-20H,8-10H2. The van der Waals surface area contributed by atoms with Gasteiger partial charge in [-0.15, -0.1) is 0 Å². The predicted octanol–water partition coefficient (Wildman–Crippen LogP) is 3.62. The van der Waals surface area contributed by atoms with Crippen LogP contribution >= 0.6 is 0 Å². The number of aromatic amines is 1. The summed E-state index contributed by atoms with van der Waals surface area (Å²) >= 11 is 0. The van der Waals surface area contributed by atoms with Crippen molar-refractivity contribution in [1.82, 2.24) is 10.3 Å². The Bertz CT molecular complexity index is 789. The zero-order valence-corrected chi connectivity index (χ0v) is 11.0. The molecular formula is C17H15FN2. The quantitative estimate of drug-likeness (QED) is 0.691. The fourth-order valence-corrected chi connectivity index (χ4v) is 3.11. The molecule has 0 saturated heterocycles. The summed E-state index contributed by atoms with van der Waals surface area (Å²) in [5.41, 5.74) is 5.30. The molecule has 1 aliphatic rings. The molecule has 2 N–H and O–H groups in total. The molecule has 4 rings (SSSR count). The van der Waals surface area contributed by atoms with Gasteiger partial charge in [-0.05, 0) is 23.3 Å². The highest BCUT2D eigenvalue weighted by Crippen LogP contribution is 2.35. The molecule has 0 fully saturated rings. The van der Waals surface area contributed by atoms with Gasteiger partial charge in [-0.3, -0.25) is 0 Å². The van der Waals surface area contributed by atoms with Gasteiger partial charge >= 0.3 is 0 Å². The highest BCUT2D eigenvalue weighted by Gasteiger charge is 2.18. The first kappa shape index (κ1) is 11.7. The van der Waals surface area contributed by atoms with Crippen molar-refractivity contribution in [2.75, 3.05) is 6.54 Å². The lowest BCUT2D eigenvalue weighted by molar-refractivity contribution is 0.631. The van der Waals surface area contributed by atoms with Crippen molar-refractivity contribution in [1.29, 1.82) is 0 Å². The van der Waals surface area contributed by atoms with E-state index in [1.165, 1.54) is 17.3 Å². The zero-order valence-electron chi connectivity index (χ0n) is 11.0. The van der Waals surface area contributed by atoms with Gasteiger partial charge in [-0.1, -0.05) is 30.3 Å². The highest BCUT2D eigenvalue weighted by atomic mass is 19.1. The summed E-state index contributed by atoms with van der Waals surface area (Å²) in [6, 6.07) is 13.0. The van der Waals surface area contributed by atoms with Gasteiger partial charge in [-0.2, -0.15) is 0 Å². The van der Waals surface area contributed by atoms with Crippen molar-refractivity contribution in [3.05, 3.63) is 59.5 Å². The lowest BCUT2D eigenvalue weighted by Gasteiger charge is -2.14. The topological polar surface area (TPSA) is 27.8 Å². The number of hydrogen-bond acceptors (Lipinski definition) is 1. The zero-order chi connectivity index (χ0) is 13.5. The first-order valence-electron chi connectivity index (χ1n) is 6.92. The molecule has 20 heavy (non-hydrogen) atoms. The fraction of sp³-hybridized carbons (Fsp3) is 0.176. The van der Waals surface area contributed by atoms with Gasteiger partial charge in [0.15, 0.2) is 0 Å². The fourth-order valence-electron chi connectivity index (χ4n) is 3.11. The van der Waals surface area contributed by atoms with Crippen molar-refractivity contribution >= 4 is 10.9 Å². The van der Waals surface area contributed by atoms with E-state index in [0.717, 1.165) is 36.0 Å². The number of aromatic nitrogens is 1. The van der Waals surface area contributed by atoms with Crippen molar-refractivity contribution in [3.63, 3.8) is 0 Å². The number of rotatable bonds is 1. The van der Waals surface area contributed by atoms with Gasteiger partial charge in [0.1, 0.15) is 5.82 Å². The van der Waals surface area contributed by atoms with Crippen LogP contribution in [-0.2, 0) is 13.0 Å². The molecule has 2 heterocycles. The van der Waals surface area contributed by atoms with Gasteiger partial charge in [0.25, 0.3) is 0 Å². The van der Waals surface area contributed by atoms with E-state index in [4.69, 9.17) is 0 Å². The summed E-state index contributed by atoms with van der Waals surface area (Å²) in [5, 5.41) is 4.55. The minimum atomic E-state index is -0.168. The number of benzene rings is 2. The van der Waals surface area contributed by atoms with Crippen LogP contribution in [0.1, 0.15) is 11.3 Å². The van der Waals surface area contributed by atoms with E-state index < -0.39 is 0 Å². The maximum absolute atomic E-state index is 14.1. The molecule has 100 valence electrons. The number of nitrogens with one attached hydrogen (secondary N) is 2. The largest absolute Gasteiger partial charge is 0.358 e. The van der Waals surface area contributed by atoms with Crippen molar-refractivity contribution in [2.24, 2.45) is 0 Å². The number of halogens is 1. The van der Waals surface area contributed by atoms with E-state index >= 15 is 0 Å². The van der Waals surface area contributed by atoms with Gasteiger partial charge in [0.2, 0.25) is 0 Å². The van der Waals surface area contributed by atoms with Crippen LogP contribution in [0.25, 0.3) is 22.0 Å². The molecule has 0 amide bonds. The normalized spacial score (nSPS) is 14.4. The van der Waals surface area contributed by atoms with Crippen LogP contribution in [0.4, 0.5) is 4.39 Å². The lowest BCUT2D eigenvalue weighted by Crippen LogP contribution is -2.23. The summed E-state index contributed by atoms with van der Waals surface area (Å²) < 4.78 is 14.1. The SMILES string of the molecule is Fc1ccccc1-c1cccc2[nH]c3c(c12)CNCC3. The molecule has 3 heteroatoms. The second-order valence-electron chi connectivity index (χ2n) is 5.22. The first-order valence-corrected chi connectivity index (χ1v) is 6.92. The van der Waals surface area contributed by atoms with Crippen LogP contribution in [0.3, 0.4) is 0 Å². The molecule has 0 atom stereocenters. The Labute approximate surface area is 116 Å². The molecule has 2 aromatic carbocycles. The van der Waals surface area contributed by atoms with E-state index in [2.05, 4.69) is 16.4 Å². The summed E-state index contributed by atoms with van der Waals surface area (Å²) in [5.74, 6) is -0.168. The van der Waals surface area contributed by atoms with Gasteiger partial charge in [0, 0.05) is 41.7 Å². The molecular weight excluding hydrogens is 251 g/mol. The van der Waals surface area contributed by atoms with E-state index in [1.807, 2.05) is 24.3 Å². The van der Waals surface area contributed by atoms with E-state index in [-0.39, 0.29) is 5.82 Å². The maximum atomic E-state index is 14.1. The number of hydrogen-bond donors (Lipinski definition) is 2. The summed E-state index contributed by atoms with van der Waals surface area (Å²) in [4.78, 5) is 3.48. The Kier molecular flexibility index (Phi) is 2.60. The molecule has 0 aliphatic carbocycles. The van der Waals surface area contributed by atoms with E-state index in [0.29, 0.717) is 5.56 Å². The molecule has 3 aromatic rings. The van der Waals surface area contributed by atoms with Gasteiger partial charge < -0.3 is 10.3 Å². The van der Waals surface area contributed by atoms with E-state index in [1.54, 1.807) is 6.07 Å². The maximum Gasteiger partial charge on any atom is 0.131 e. The highest BCUT2D eigenvalue weighted by molar-refractivity contribution is 5.98. The summed E-state index contributed by atoms with van der Waals surface area (Å²) in [6.45, 7) is 1.84. The van der Waals surface area contributed by atoms with Crippen LogP contribution in [0, 0.1) is 5.82 Å². The van der Waals surface area contributed by atoms with E-state index in [9.17, 15) is 4.39 Å². The minimum Gasteiger partial charge on any atom is -0.358 e. The molecule has 0 saturated carbocycles. The Balaban J connectivity index is 2.05. The van der Waals surface area contributed by atoms with Crippen molar-refractivity contribution in [2.45, 2.75) is 13.0 Å². The number of fused-ring (bicyclic) bond motifs is 3. The minimum absolute atomic E-state index is 0.168. The van der Waals surface area contributed by atoms with Gasteiger partial charge in [0.05, 0.1) is 0 Å². The third-order valence-electron chi connectivity index (χ3n) is 4.03. The third-order valence-corrected chi connectivity index (χ3v) is 4.03. The molecule has 1 aromatic heterocycles. The monoisotopic (exact) mass is 266 g/mol. The van der Waals surface area contributed by atoms with Crippen LogP contribution in [0.2, 0.25) is 0 Å². The second kappa shape index (κ2) is 4.46. The molecule has 1 aliphatic heterocycles. The van der Waals surface area contributed by atoms with Crippen LogP contribution in [-0.4, -0.2) is 11.5 Å². The molecule has 0 bridgehead atoms. The summed E-state index contributed by atoms with van der Waals surface area (Å²) in [7, 11) is 0. The van der Waals surface area contributed by atoms with Crippen LogP contribution < -0.4 is 5.32 Å². The average molecular weight is 266 g/mol. The summed E-state index contributed by atoms with van der Waals surface area (Å²) in [6.07, 6.45) is 1.00. The van der Waals surface area contributed by atoms with Crippen LogP contribution in [0.15, 0.2) is 42.5 Å². The predicted molar refractivity (Wildman–Crippen MR) is 79.1 cm³/mol. The Hall–Kier alpha value is -2.13. The second-order valence-corrected chi connectivity index (χ2v) is 5.22. The molecule has 2 nitrogen and oxygen atoms in total. The van der Waals surface area contributed by atoms with Crippen LogP contribution in [0.5, 0.6) is 0 Å². The Morgan fingerprint density at radius 3 is 2.70 bits per heavy atom. The smallest absolute Gasteiger partial charge is 0.131 e. The van der Waals surface area contributed by atoms with Gasteiger partial charge in [-0.25, -0.2) is 4.39 Å². The lowest BCUT2D eigenvalue weighted by atomic mass is 9.96. The third kappa shape index (κ3) is 1.67. The van der Waals surface area contributed by atoms with Crippen molar-refractivity contribution < 1.29 is 4.39 Å². The van der Waals surface area contributed by atoms with Crippen molar-refractivity contribution in [3.8, 4) is 11.1 Å². The molecule has 0 unspecified atom stereocenters. The molecule has 0 spiro atoms. The average Bonchev–Trinajstić information content (AvgIpc) is 2.86.